The second-order valence-corrected chi connectivity index (χ2v) is 6.36. The molecule has 1 aliphatic rings. The Balaban J connectivity index is 2.01. The lowest BCUT2D eigenvalue weighted by atomic mass is 9.85. The Morgan fingerprint density at radius 1 is 1.19 bits per heavy atom. The van der Waals surface area contributed by atoms with Crippen LogP contribution in [0.5, 0.6) is 5.75 Å². The van der Waals surface area contributed by atoms with Gasteiger partial charge in [0.1, 0.15) is 17.7 Å². The zero-order chi connectivity index (χ0) is 15.2. The summed E-state index contributed by atoms with van der Waals surface area (Å²) in [4.78, 5) is 0. The van der Waals surface area contributed by atoms with Crippen molar-refractivity contribution in [3.63, 3.8) is 0 Å². The van der Waals surface area contributed by atoms with Crippen LogP contribution in [0.2, 0.25) is 0 Å². The second-order valence-electron chi connectivity index (χ2n) is 6.36. The van der Waals surface area contributed by atoms with Crippen molar-refractivity contribution >= 4 is 0 Å². The second kappa shape index (κ2) is 4.85. The third-order valence-electron chi connectivity index (χ3n) is 4.09. The highest BCUT2D eigenvalue weighted by Gasteiger charge is 2.32. The Morgan fingerprint density at radius 3 is 2.67 bits per heavy atom. The molecule has 21 heavy (non-hydrogen) atoms. The van der Waals surface area contributed by atoms with E-state index in [0.717, 1.165) is 16.9 Å². The zero-order valence-electron chi connectivity index (χ0n) is 12.5. The molecule has 0 spiro atoms. The van der Waals surface area contributed by atoms with Crippen LogP contribution < -0.4 is 4.74 Å². The van der Waals surface area contributed by atoms with Crippen LogP contribution in [0, 0.1) is 12.7 Å². The normalized spacial score (nSPS) is 17.2. The smallest absolute Gasteiger partial charge is 0.129 e. The molecule has 0 amide bonds. The van der Waals surface area contributed by atoms with Gasteiger partial charge in [0.15, 0.2) is 0 Å². The van der Waals surface area contributed by atoms with E-state index in [9.17, 15) is 9.50 Å². The Bertz CT molecular complexity index is 692. The third kappa shape index (κ3) is 2.42. The number of aliphatic hydroxyl groups is 1. The Hall–Kier alpha value is -1.87. The van der Waals surface area contributed by atoms with Gasteiger partial charge in [0.2, 0.25) is 0 Å². The first-order chi connectivity index (χ1) is 9.88. The van der Waals surface area contributed by atoms with Crippen LogP contribution >= 0.6 is 0 Å². The van der Waals surface area contributed by atoms with Crippen molar-refractivity contribution in [1.29, 1.82) is 0 Å². The van der Waals surface area contributed by atoms with Crippen LogP contribution in [-0.2, 0) is 5.41 Å². The van der Waals surface area contributed by atoms with Crippen LogP contribution in [0.25, 0.3) is 0 Å². The first-order valence-corrected chi connectivity index (χ1v) is 7.10. The van der Waals surface area contributed by atoms with Crippen molar-refractivity contribution in [1.82, 2.24) is 0 Å². The lowest BCUT2D eigenvalue weighted by molar-refractivity contribution is 0.215. The molecule has 0 saturated heterocycles. The predicted molar refractivity (Wildman–Crippen MR) is 80.2 cm³/mol. The van der Waals surface area contributed by atoms with E-state index < -0.39 is 6.10 Å². The fourth-order valence-corrected chi connectivity index (χ4v) is 2.74. The standard InChI is InChI=1S/C18H19FO2/c1-11-4-6-13(15(19)8-11)17(20)12-5-7-16-14(9-12)18(2,3)10-21-16/h4-9,17,20H,10H2,1-3H3. The van der Waals surface area contributed by atoms with Crippen LogP contribution in [0.15, 0.2) is 36.4 Å². The van der Waals surface area contributed by atoms with E-state index in [1.807, 2.05) is 25.1 Å². The van der Waals surface area contributed by atoms with Gasteiger partial charge in [-0.05, 0) is 36.2 Å². The summed E-state index contributed by atoms with van der Waals surface area (Å²) < 4.78 is 19.7. The van der Waals surface area contributed by atoms with E-state index in [1.165, 1.54) is 6.07 Å². The summed E-state index contributed by atoms with van der Waals surface area (Å²) >= 11 is 0. The fraction of sp³-hybridized carbons (Fsp3) is 0.333. The van der Waals surface area contributed by atoms with E-state index in [4.69, 9.17) is 4.74 Å². The molecule has 0 saturated carbocycles. The molecular weight excluding hydrogens is 267 g/mol. The number of halogens is 1. The van der Waals surface area contributed by atoms with Crippen molar-refractivity contribution in [2.45, 2.75) is 32.3 Å². The molecule has 3 heteroatoms. The number of aliphatic hydroxyl groups excluding tert-OH is 1. The molecule has 0 bridgehead atoms. The summed E-state index contributed by atoms with van der Waals surface area (Å²) in [6, 6.07) is 10.5. The summed E-state index contributed by atoms with van der Waals surface area (Å²) in [5.74, 6) is 0.471. The van der Waals surface area contributed by atoms with E-state index in [1.54, 1.807) is 12.1 Å². The van der Waals surface area contributed by atoms with Gasteiger partial charge in [0.25, 0.3) is 0 Å². The van der Waals surface area contributed by atoms with Crippen molar-refractivity contribution < 1.29 is 14.2 Å². The molecule has 110 valence electrons. The van der Waals surface area contributed by atoms with E-state index in [-0.39, 0.29) is 11.2 Å². The van der Waals surface area contributed by atoms with Crippen LogP contribution in [0.3, 0.4) is 0 Å². The van der Waals surface area contributed by atoms with Crippen LogP contribution in [-0.4, -0.2) is 11.7 Å². The fourth-order valence-electron chi connectivity index (χ4n) is 2.74. The van der Waals surface area contributed by atoms with Crippen molar-refractivity contribution in [3.05, 3.63) is 64.5 Å². The number of aryl methyl sites for hydroxylation is 1. The highest BCUT2D eigenvalue weighted by Crippen LogP contribution is 2.40. The molecule has 0 aliphatic carbocycles. The number of ether oxygens (including phenoxy) is 1. The maximum absolute atomic E-state index is 14.0. The lowest BCUT2D eigenvalue weighted by Crippen LogP contribution is -2.18. The molecule has 1 aliphatic heterocycles. The summed E-state index contributed by atoms with van der Waals surface area (Å²) in [5, 5.41) is 10.5. The number of hydrogen-bond donors (Lipinski definition) is 1. The van der Waals surface area contributed by atoms with Crippen molar-refractivity contribution in [2.75, 3.05) is 6.61 Å². The van der Waals surface area contributed by atoms with Gasteiger partial charge in [-0.3, -0.25) is 0 Å². The van der Waals surface area contributed by atoms with Crippen LogP contribution in [0.1, 0.15) is 42.2 Å². The largest absolute Gasteiger partial charge is 0.492 e. The van der Waals surface area contributed by atoms with Gasteiger partial charge in [-0.1, -0.05) is 32.0 Å². The Kier molecular flexibility index (Phi) is 3.25. The van der Waals surface area contributed by atoms with Crippen LogP contribution in [0.4, 0.5) is 4.39 Å². The van der Waals surface area contributed by atoms with Gasteiger partial charge in [-0.2, -0.15) is 0 Å². The molecule has 0 radical (unpaired) electrons. The summed E-state index contributed by atoms with van der Waals surface area (Å²) in [5.41, 5.74) is 2.81. The molecule has 1 N–H and O–H groups in total. The van der Waals surface area contributed by atoms with Crippen molar-refractivity contribution in [3.8, 4) is 5.75 Å². The number of benzene rings is 2. The maximum Gasteiger partial charge on any atom is 0.129 e. The number of rotatable bonds is 2. The molecular formula is C18H19FO2. The molecule has 2 aromatic carbocycles. The van der Waals surface area contributed by atoms with Gasteiger partial charge in [-0.25, -0.2) is 4.39 Å². The van der Waals surface area contributed by atoms with Gasteiger partial charge < -0.3 is 9.84 Å². The maximum atomic E-state index is 14.0. The molecule has 1 heterocycles. The SMILES string of the molecule is Cc1ccc(C(O)c2ccc3c(c2)C(C)(C)CO3)c(F)c1. The minimum absolute atomic E-state index is 0.0864. The molecule has 3 rings (SSSR count). The molecule has 2 aromatic rings. The van der Waals surface area contributed by atoms with Gasteiger partial charge in [0, 0.05) is 16.5 Å². The first kappa shape index (κ1) is 14.1. The zero-order valence-corrected chi connectivity index (χ0v) is 12.5. The topological polar surface area (TPSA) is 29.5 Å². The highest BCUT2D eigenvalue weighted by molar-refractivity contribution is 5.47. The molecule has 1 unspecified atom stereocenters. The van der Waals surface area contributed by atoms with E-state index in [0.29, 0.717) is 17.7 Å². The number of hydrogen-bond acceptors (Lipinski definition) is 2. The highest BCUT2D eigenvalue weighted by atomic mass is 19.1. The number of fused-ring (bicyclic) bond motifs is 1. The predicted octanol–water partition coefficient (Wildman–Crippen LogP) is 3.89. The lowest BCUT2D eigenvalue weighted by Gasteiger charge is -2.18. The average Bonchev–Trinajstić information content (AvgIpc) is 2.74. The first-order valence-electron chi connectivity index (χ1n) is 7.10. The minimum atomic E-state index is -0.965. The van der Waals surface area contributed by atoms with Gasteiger partial charge in [0.05, 0.1) is 6.61 Å². The minimum Gasteiger partial charge on any atom is -0.492 e. The molecule has 0 fully saturated rings. The van der Waals surface area contributed by atoms with Gasteiger partial charge >= 0.3 is 0 Å². The van der Waals surface area contributed by atoms with Gasteiger partial charge in [-0.15, -0.1) is 0 Å². The Morgan fingerprint density at radius 2 is 1.95 bits per heavy atom. The summed E-state index contributed by atoms with van der Waals surface area (Å²) in [6.45, 7) is 6.65. The van der Waals surface area contributed by atoms with E-state index >= 15 is 0 Å². The quantitative estimate of drug-likeness (QED) is 0.907. The summed E-state index contributed by atoms with van der Waals surface area (Å²) in [6.07, 6.45) is -0.965. The average molecular weight is 286 g/mol. The molecule has 2 nitrogen and oxygen atoms in total. The van der Waals surface area contributed by atoms with E-state index in [2.05, 4.69) is 13.8 Å². The molecule has 1 atom stereocenters. The van der Waals surface area contributed by atoms with Crippen molar-refractivity contribution in [2.24, 2.45) is 0 Å². The monoisotopic (exact) mass is 286 g/mol. The summed E-state index contributed by atoms with van der Waals surface area (Å²) in [7, 11) is 0. The third-order valence-corrected chi connectivity index (χ3v) is 4.09. The Labute approximate surface area is 124 Å². The molecule has 0 aromatic heterocycles.